The fourth-order valence-corrected chi connectivity index (χ4v) is 2.06. The van der Waals surface area contributed by atoms with Gasteiger partial charge >= 0.3 is 6.18 Å². The van der Waals surface area contributed by atoms with Crippen molar-refractivity contribution in [3.63, 3.8) is 0 Å². The lowest BCUT2D eigenvalue weighted by Crippen LogP contribution is -2.25. The highest BCUT2D eigenvalue weighted by molar-refractivity contribution is 5.84. The minimum atomic E-state index is -4.66. The molecule has 0 aromatic heterocycles. The molecule has 92 valence electrons. The van der Waals surface area contributed by atoms with Gasteiger partial charge in [0.15, 0.2) is 0 Å². The molecular formula is C12H17F3O. The maximum atomic E-state index is 12.1. The third-order valence-corrected chi connectivity index (χ3v) is 3.13. The Bertz CT molecular complexity index is 278. The number of alkyl halides is 3. The number of carbonyl (C=O) groups is 1. The van der Waals surface area contributed by atoms with Gasteiger partial charge in [0.1, 0.15) is 0 Å². The number of rotatable bonds is 3. The molecule has 0 saturated carbocycles. The summed E-state index contributed by atoms with van der Waals surface area (Å²) in [4.78, 5) is 10.9. The van der Waals surface area contributed by atoms with Crippen molar-refractivity contribution in [1.29, 1.82) is 0 Å². The molecule has 1 aliphatic carbocycles. The Labute approximate surface area is 93.7 Å². The standard InChI is InChI=1S/C12H17F3O/c1-2-9-4-3-5-10(7-6-9)8-11(16)12(13,14)15/h4,10H,2-3,5-8H2,1H3. The van der Waals surface area contributed by atoms with Gasteiger partial charge in [-0.05, 0) is 38.0 Å². The molecule has 0 aromatic carbocycles. The Hall–Kier alpha value is -0.800. The van der Waals surface area contributed by atoms with Crippen LogP contribution in [0.2, 0.25) is 0 Å². The number of hydrogen-bond acceptors (Lipinski definition) is 1. The van der Waals surface area contributed by atoms with Crippen molar-refractivity contribution in [3.8, 4) is 0 Å². The van der Waals surface area contributed by atoms with Gasteiger partial charge in [0.25, 0.3) is 0 Å². The second kappa shape index (κ2) is 5.51. The van der Waals surface area contributed by atoms with E-state index >= 15 is 0 Å². The first-order valence-electron chi connectivity index (χ1n) is 5.71. The zero-order valence-electron chi connectivity index (χ0n) is 9.44. The first kappa shape index (κ1) is 13.3. The SMILES string of the molecule is CCC1=CCCC(CC(=O)C(F)(F)F)CC1. The molecule has 0 amide bonds. The van der Waals surface area contributed by atoms with Crippen LogP contribution >= 0.6 is 0 Å². The van der Waals surface area contributed by atoms with Gasteiger partial charge in [-0.2, -0.15) is 13.2 Å². The Morgan fingerprint density at radius 1 is 1.44 bits per heavy atom. The van der Waals surface area contributed by atoms with Gasteiger partial charge < -0.3 is 0 Å². The first-order chi connectivity index (χ1) is 7.43. The highest BCUT2D eigenvalue weighted by atomic mass is 19.4. The minimum absolute atomic E-state index is 0.102. The summed E-state index contributed by atoms with van der Waals surface area (Å²) in [6.07, 6.45) is 1.12. The number of Topliss-reactive ketones (excluding diaryl/α,β-unsaturated/α-hetero) is 1. The maximum Gasteiger partial charge on any atom is 0.449 e. The van der Waals surface area contributed by atoms with Crippen LogP contribution in [0.5, 0.6) is 0 Å². The predicted molar refractivity (Wildman–Crippen MR) is 56.0 cm³/mol. The van der Waals surface area contributed by atoms with Crippen LogP contribution in [0.25, 0.3) is 0 Å². The van der Waals surface area contributed by atoms with E-state index in [-0.39, 0.29) is 12.3 Å². The molecule has 4 heteroatoms. The highest BCUT2D eigenvalue weighted by Crippen LogP contribution is 2.29. The lowest BCUT2D eigenvalue weighted by atomic mass is 9.93. The second-order valence-electron chi connectivity index (χ2n) is 4.32. The second-order valence-corrected chi connectivity index (χ2v) is 4.32. The number of allylic oxidation sites excluding steroid dienone is 2. The third-order valence-electron chi connectivity index (χ3n) is 3.13. The number of ketones is 1. The van der Waals surface area contributed by atoms with Gasteiger partial charge in [0, 0.05) is 6.42 Å². The van der Waals surface area contributed by atoms with Crippen LogP contribution in [0.15, 0.2) is 11.6 Å². The largest absolute Gasteiger partial charge is 0.449 e. The summed E-state index contributed by atoms with van der Waals surface area (Å²) >= 11 is 0. The average molecular weight is 234 g/mol. The quantitative estimate of drug-likeness (QED) is 0.674. The van der Waals surface area contributed by atoms with E-state index in [4.69, 9.17) is 0 Å². The van der Waals surface area contributed by atoms with Crippen LogP contribution in [0, 0.1) is 5.92 Å². The molecule has 0 heterocycles. The van der Waals surface area contributed by atoms with Gasteiger partial charge in [0.05, 0.1) is 0 Å². The van der Waals surface area contributed by atoms with Crippen molar-refractivity contribution < 1.29 is 18.0 Å². The molecule has 0 spiro atoms. The van der Waals surface area contributed by atoms with E-state index in [1.165, 1.54) is 5.57 Å². The van der Waals surface area contributed by atoms with Gasteiger partial charge in [0.2, 0.25) is 5.78 Å². The lowest BCUT2D eigenvalue weighted by Gasteiger charge is -2.14. The summed E-state index contributed by atoms with van der Waals surface area (Å²) in [5.74, 6) is -1.67. The third kappa shape index (κ3) is 3.99. The molecule has 16 heavy (non-hydrogen) atoms. The molecule has 0 fully saturated rings. The highest BCUT2D eigenvalue weighted by Gasteiger charge is 2.38. The van der Waals surface area contributed by atoms with E-state index in [1.54, 1.807) is 0 Å². The normalized spacial score (nSPS) is 22.5. The van der Waals surface area contributed by atoms with Crippen LogP contribution in [-0.2, 0) is 4.79 Å². The fraction of sp³-hybridized carbons (Fsp3) is 0.750. The molecule has 1 atom stereocenters. The predicted octanol–water partition coefficient (Wildman–Crippen LogP) is 4.03. The summed E-state index contributed by atoms with van der Waals surface area (Å²) < 4.78 is 36.3. The van der Waals surface area contributed by atoms with E-state index in [1.807, 2.05) is 6.92 Å². The molecule has 0 aromatic rings. The van der Waals surface area contributed by atoms with E-state index < -0.39 is 12.0 Å². The number of halogens is 3. The van der Waals surface area contributed by atoms with Gasteiger partial charge in [-0.1, -0.05) is 18.6 Å². The van der Waals surface area contributed by atoms with Crippen molar-refractivity contribution in [1.82, 2.24) is 0 Å². The Morgan fingerprint density at radius 2 is 2.12 bits per heavy atom. The average Bonchev–Trinajstić information content (AvgIpc) is 2.41. The van der Waals surface area contributed by atoms with E-state index in [0.29, 0.717) is 12.8 Å². The van der Waals surface area contributed by atoms with Gasteiger partial charge in [-0.3, -0.25) is 4.79 Å². The molecule has 0 saturated heterocycles. The van der Waals surface area contributed by atoms with Gasteiger partial charge in [-0.25, -0.2) is 0 Å². The Morgan fingerprint density at radius 3 is 2.69 bits per heavy atom. The smallest absolute Gasteiger partial charge is 0.290 e. The number of carbonyl (C=O) groups excluding carboxylic acids is 1. The van der Waals surface area contributed by atoms with Crippen molar-refractivity contribution in [2.75, 3.05) is 0 Å². The summed E-state index contributed by atoms with van der Waals surface area (Å²) in [6, 6.07) is 0. The first-order valence-corrected chi connectivity index (χ1v) is 5.71. The molecule has 0 N–H and O–H groups in total. The van der Waals surface area contributed by atoms with Crippen molar-refractivity contribution in [3.05, 3.63) is 11.6 Å². The van der Waals surface area contributed by atoms with Crippen LogP contribution in [0.4, 0.5) is 13.2 Å². The summed E-state index contributed by atoms with van der Waals surface area (Å²) in [7, 11) is 0. The van der Waals surface area contributed by atoms with Crippen LogP contribution < -0.4 is 0 Å². The van der Waals surface area contributed by atoms with Gasteiger partial charge in [-0.15, -0.1) is 0 Å². The zero-order chi connectivity index (χ0) is 12.2. The molecule has 0 aliphatic heterocycles. The maximum absolute atomic E-state index is 12.1. The molecule has 0 bridgehead atoms. The molecule has 1 unspecified atom stereocenters. The topological polar surface area (TPSA) is 17.1 Å². The number of hydrogen-bond donors (Lipinski definition) is 0. The monoisotopic (exact) mass is 234 g/mol. The summed E-state index contributed by atoms with van der Waals surface area (Å²) in [5, 5.41) is 0. The van der Waals surface area contributed by atoms with E-state index in [2.05, 4.69) is 6.08 Å². The van der Waals surface area contributed by atoms with Crippen molar-refractivity contribution in [2.24, 2.45) is 5.92 Å². The van der Waals surface area contributed by atoms with Crippen molar-refractivity contribution >= 4 is 5.78 Å². The van der Waals surface area contributed by atoms with Crippen LogP contribution in [-0.4, -0.2) is 12.0 Å². The summed E-state index contributed by atoms with van der Waals surface area (Å²) in [6.45, 7) is 2.05. The molecule has 1 nitrogen and oxygen atoms in total. The van der Waals surface area contributed by atoms with E-state index in [0.717, 1.165) is 19.3 Å². The molecule has 1 rings (SSSR count). The summed E-state index contributed by atoms with van der Waals surface area (Å²) in [5.41, 5.74) is 1.31. The fourth-order valence-electron chi connectivity index (χ4n) is 2.06. The molecular weight excluding hydrogens is 217 g/mol. The Kier molecular flexibility index (Phi) is 4.56. The molecule has 0 radical (unpaired) electrons. The lowest BCUT2D eigenvalue weighted by molar-refractivity contribution is -0.172. The van der Waals surface area contributed by atoms with Crippen LogP contribution in [0.1, 0.15) is 45.4 Å². The minimum Gasteiger partial charge on any atom is -0.290 e. The van der Waals surface area contributed by atoms with E-state index in [9.17, 15) is 18.0 Å². The molecule has 1 aliphatic rings. The van der Waals surface area contributed by atoms with Crippen molar-refractivity contribution in [2.45, 2.75) is 51.6 Å². The Balaban J connectivity index is 2.44. The van der Waals surface area contributed by atoms with Crippen LogP contribution in [0.3, 0.4) is 0 Å². The zero-order valence-corrected chi connectivity index (χ0v) is 9.44.